The SMILES string of the molecule is CC[C@@H](Nc1cncc(Br)c1)C(=O)NCC(F)(F)F. The van der Waals surface area contributed by atoms with Crippen LogP contribution in [0, 0.1) is 0 Å². The van der Waals surface area contributed by atoms with Crippen molar-refractivity contribution in [3.05, 3.63) is 22.9 Å². The zero-order valence-corrected chi connectivity index (χ0v) is 11.7. The summed E-state index contributed by atoms with van der Waals surface area (Å²) in [5.74, 6) is -0.695. The number of pyridine rings is 1. The van der Waals surface area contributed by atoms with E-state index in [1.165, 1.54) is 6.20 Å². The molecule has 19 heavy (non-hydrogen) atoms. The maximum Gasteiger partial charge on any atom is 0.405 e. The Morgan fingerprint density at radius 3 is 2.68 bits per heavy atom. The monoisotopic (exact) mass is 339 g/mol. The fourth-order valence-electron chi connectivity index (χ4n) is 1.36. The highest BCUT2D eigenvalue weighted by Gasteiger charge is 2.29. The Kier molecular flexibility index (Phi) is 5.59. The van der Waals surface area contributed by atoms with Crippen LogP contribution in [-0.4, -0.2) is 29.7 Å². The lowest BCUT2D eigenvalue weighted by Gasteiger charge is -2.18. The first-order valence-corrected chi connectivity index (χ1v) is 6.32. The number of nitrogens with zero attached hydrogens (tertiary/aromatic N) is 1. The molecule has 0 radical (unpaired) electrons. The average molecular weight is 340 g/mol. The van der Waals surface area contributed by atoms with E-state index >= 15 is 0 Å². The van der Waals surface area contributed by atoms with Gasteiger partial charge in [-0.25, -0.2) is 0 Å². The third kappa shape index (κ3) is 5.91. The summed E-state index contributed by atoms with van der Waals surface area (Å²) in [5.41, 5.74) is 0.559. The van der Waals surface area contributed by atoms with E-state index in [1.54, 1.807) is 19.2 Å². The van der Waals surface area contributed by atoms with Crippen molar-refractivity contribution in [2.45, 2.75) is 25.6 Å². The number of carbonyl (C=O) groups is 1. The van der Waals surface area contributed by atoms with Gasteiger partial charge in [-0.05, 0) is 28.4 Å². The molecule has 0 spiro atoms. The molecule has 106 valence electrons. The van der Waals surface area contributed by atoms with Crippen molar-refractivity contribution in [3.63, 3.8) is 0 Å². The Balaban J connectivity index is 2.60. The number of alkyl halides is 3. The molecule has 1 aromatic heterocycles. The molecule has 0 aromatic carbocycles. The molecule has 0 aliphatic carbocycles. The van der Waals surface area contributed by atoms with Crippen molar-refractivity contribution in [3.8, 4) is 0 Å². The van der Waals surface area contributed by atoms with Gasteiger partial charge in [0, 0.05) is 10.7 Å². The van der Waals surface area contributed by atoms with Gasteiger partial charge >= 0.3 is 6.18 Å². The topological polar surface area (TPSA) is 54.0 Å². The summed E-state index contributed by atoms with van der Waals surface area (Å²) in [7, 11) is 0. The highest BCUT2D eigenvalue weighted by atomic mass is 79.9. The summed E-state index contributed by atoms with van der Waals surface area (Å²) >= 11 is 3.22. The van der Waals surface area contributed by atoms with E-state index in [1.807, 2.05) is 5.32 Å². The number of anilines is 1. The summed E-state index contributed by atoms with van der Waals surface area (Å²) in [5, 5.41) is 4.68. The smallest absolute Gasteiger partial charge is 0.372 e. The first kappa shape index (κ1) is 15.7. The number of rotatable bonds is 5. The van der Waals surface area contributed by atoms with E-state index in [0.717, 1.165) is 0 Å². The largest absolute Gasteiger partial charge is 0.405 e. The van der Waals surface area contributed by atoms with Gasteiger partial charge in [0.1, 0.15) is 12.6 Å². The van der Waals surface area contributed by atoms with Crippen LogP contribution in [0.5, 0.6) is 0 Å². The van der Waals surface area contributed by atoms with Crippen LogP contribution in [0.4, 0.5) is 18.9 Å². The van der Waals surface area contributed by atoms with Gasteiger partial charge in [-0.3, -0.25) is 9.78 Å². The first-order chi connectivity index (χ1) is 8.81. The van der Waals surface area contributed by atoms with Crippen LogP contribution in [-0.2, 0) is 4.79 Å². The van der Waals surface area contributed by atoms with Crippen molar-refractivity contribution in [2.24, 2.45) is 0 Å². The predicted octanol–water partition coefficient (Wildman–Crippen LogP) is 2.71. The van der Waals surface area contributed by atoms with Crippen LogP contribution in [0.1, 0.15) is 13.3 Å². The number of aromatic nitrogens is 1. The lowest BCUT2D eigenvalue weighted by atomic mass is 10.2. The molecule has 0 aliphatic heterocycles. The molecule has 0 bridgehead atoms. The minimum absolute atomic E-state index is 0.357. The molecule has 1 aromatic rings. The van der Waals surface area contributed by atoms with Gasteiger partial charge in [0.2, 0.25) is 5.91 Å². The molecule has 0 saturated heterocycles. The molecular weight excluding hydrogens is 327 g/mol. The lowest BCUT2D eigenvalue weighted by molar-refractivity contribution is -0.138. The minimum Gasteiger partial charge on any atom is -0.372 e. The second-order valence-corrected chi connectivity index (χ2v) is 4.75. The van der Waals surface area contributed by atoms with E-state index in [2.05, 4.69) is 26.2 Å². The Morgan fingerprint density at radius 2 is 2.16 bits per heavy atom. The van der Waals surface area contributed by atoms with E-state index in [9.17, 15) is 18.0 Å². The van der Waals surface area contributed by atoms with E-state index in [4.69, 9.17) is 0 Å². The standard InChI is InChI=1S/C11H13BrF3N3O/c1-2-9(10(19)17-6-11(13,14)15)18-8-3-7(12)4-16-5-8/h3-5,9,18H,2,6H2,1H3,(H,17,19)/t9-/m1/s1. The highest BCUT2D eigenvalue weighted by Crippen LogP contribution is 2.16. The van der Waals surface area contributed by atoms with Gasteiger partial charge in [-0.2, -0.15) is 13.2 Å². The Bertz CT molecular complexity index is 439. The molecule has 1 rings (SSSR count). The van der Waals surface area contributed by atoms with Gasteiger partial charge in [0.15, 0.2) is 0 Å². The molecule has 0 aliphatic rings. The van der Waals surface area contributed by atoms with Crippen LogP contribution >= 0.6 is 15.9 Å². The molecule has 1 amide bonds. The zero-order chi connectivity index (χ0) is 14.5. The van der Waals surface area contributed by atoms with Crippen molar-refractivity contribution in [2.75, 3.05) is 11.9 Å². The molecule has 0 unspecified atom stereocenters. The number of halogens is 4. The zero-order valence-electron chi connectivity index (χ0n) is 10.1. The Morgan fingerprint density at radius 1 is 1.47 bits per heavy atom. The fourth-order valence-corrected chi connectivity index (χ4v) is 1.72. The van der Waals surface area contributed by atoms with Crippen LogP contribution in [0.15, 0.2) is 22.9 Å². The van der Waals surface area contributed by atoms with Gasteiger partial charge in [0.25, 0.3) is 0 Å². The quantitative estimate of drug-likeness (QED) is 0.867. The van der Waals surface area contributed by atoms with Gasteiger partial charge in [0.05, 0.1) is 11.9 Å². The molecule has 1 heterocycles. The highest BCUT2D eigenvalue weighted by molar-refractivity contribution is 9.10. The summed E-state index contributed by atoms with van der Waals surface area (Å²) in [4.78, 5) is 15.5. The Hall–Kier alpha value is -1.31. The average Bonchev–Trinajstić information content (AvgIpc) is 2.32. The summed E-state index contributed by atoms with van der Waals surface area (Å²) < 4.78 is 36.7. The van der Waals surface area contributed by atoms with Crippen molar-refractivity contribution in [1.29, 1.82) is 0 Å². The normalized spacial score (nSPS) is 12.9. The van der Waals surface area contributed by atoms with Crippen molar-refractivity contribution in [1.82, 2.24) is 10.3 Å². The Labute approximate surface area is 116 Å². The van der Waals surface area contributed by atoms with Gasteiger partial charge in [-0.1, -0.05) is 6.92 Å². The maximum absolute atomic E-state index is 12.0. The van der Waals surface area contributed by atoms with Crippen LogP contribution in [0.25, 0.3) is 0 Å². The number of amides is 1. The molecule has 8 heteroatoms. The number of nitrogens with one attached hydrogen (secondary N) is 2. The summed E-state index contributed by atoms with van der Waals surface area (Å²) in [6.07, 6.45) is -0.998. The van der Waals surface area contributed by atoms with Crippen molar-refractivity contribution < 1.29 is 18.0 Å². The maximum atomic E-state index is 12.0. The van der Waals surface area contributed by atoms with Gasteiger partial charge in [-0.15, -0.1) is 0 Å². The first-order valence-electron chi connectivity index (χ1n) is 5.53. The van der Waals surface area contributed by atoms with Crippen LogP contribution < -0.4 is 10.6 Å². The molecule has 0 fully saturated rings. The van der Waals surface area contributed by atoms with E-state index < -0.39 is 24.7 Å². The third-order valence-electron chi connectivity index (χ3n) is 2.23. The van der Waals surface area contributed by atoms with Crippen LogP contribution in [0.2, 0.25) is 0 Å². The van der Waals surface area contributed by atoms with Crippen molar-refractivity contribution >= 4 is 27.5 Å². The number of hydrogen-bond acceptors (Lipinski definition) is 3. The van der Waals surface area contributed by atoms with E-state index in [0.29, 0.717) is 16.6 Å². The predicted molar refractivity (Wildman–Crippen MR) is 68.7 cm³/mol. The van der Waals surface area contributed by atoms with Gasteiger partial charge < -0.3 is 10.6 Å². The second kappa shape index (κ2) is 6.74. The number of carbonyl (C=O) groups excluding carboxylic acids is 1. The molecule has 1 atom stereocenters. The summed E-state index contributed by atoms with van der Waals surface area (Å²) in [6, 6.07) is 0.950. The fraction of sp³-hybridized carbons (Fsp3) is 0.455. The van der Waals surface area contributed by atoms with E-state index in [-0.39, 0.29) is 0 Å². The molecule has 2 N–H and O–H groups in total. The molecule has 0 saturated carbocycles. The summed E-state index contributed by atoms with van der Waals surface area (Å²) in [6.45, 7) is 0.372. The number of hydrogen-bond donors (Lipinski definition) is 2. The third-order valence-corrected chi connectivity index (χ3v) is 2.67. The lowest BCUT2D eigenvalue weighted by Crippen LogP contribution is -2.43. The second-order valence-electron chi connectivity index (χ2n) is 3.83. The van der Waals surface area contributed by atoms with Crippen LogP contribution in [0.3, 0.4) is 0 Å². The molecule has 4 nitrogen and oxygen atoms in total. The minimum atomic E-state index is -4.41. The molecular formula is C11H13BrF3N3O.